The molecule has 1 aromatic rings. The number of hydrogen-bond acceptors (Lipinski definition) is 4. The molecule has 0 aliphatic heterocycles. The third-order valence-electron chi connectivity index (χ3n) is 1.44. The van der Waals surface area contributed by atoms with Crippen molar-refractivity contribution < 1.29 is 4.79 Å². The van der Waals surface area contributed by atoms with Crippen molar-refractivity contribution in [3.05, 3.63) is 30.0 Å². The zero-order valence-electron chi connectivity index (χ0n) is 7.10. The smallest absolute Gasteiger partial charge is 0.140 e. The fourth-order valence-corrected chi connectivity index (χ4v) is 0.869. The Morgan fingerprint density at radius 3 is 3.08 bits per heavy atom. The molecule has 0 radical (unpaired) electrons. The Morgan fingerprint density at radius 1 is 1.54 bits per heavy atom. The Kier molecular flexibility index (Phi) is 3.66. The molecule has 1 aromatic heterocycles. The Bertz CT molecular complexity index is 309. The van der Waals surface area contributed by atoms with Gasteiger partial charge in [-0.05, 0) is 18.2 Å². The molecule has 4 nitrogen and oxygen atoms in total. The van der Waals surface area contributed by atoms with E-state index in [-0.39, 0.29) is 0 Å². The molecule has 0 aliphatic carbocycles. The molecule has 13 heavy (non-hydrogen) atoms. The van der Waals surface area contributed by atoms with E-state index in [1.54, 1.807) is 18.2 Å². The van der Waals surface area contributed by atoms with Crippen molar-refractivity contribution in [3.63, 3.8) is 0 Å². The summed E-state index contributed by atoms with van der Waals surface area (Å²) in [5, 5.41) is 0. The summed E-state index contributed by atoms with van der Waals surface area (Å²) in [6.45, 7) is 0. The van der Waals surface area contributed by atoms with E-state index < -0.39 is 0 Å². The number of hydrazine groups is 1. The van der Waals surface area contributed by atoms with Crippen LogP contribution in [-0.2, 0) is 4.79 Å². The van der Waals surface area contributed by atoms with Crippen molar-refractivity contribution in [1.82, 2.24) is 4.98 Å². The Labute approximate surface area is 76.4 Å². The molecule has 0 fully saturated rings. The topological polar surface area (TPSA) is 68.0 Å². The number of nitrogens with zero attached hydrogens (tertiary/aromatic N) is 1. The number of nitrogens with one attached hydrogen (secondary N) is 1. The van der Waals surface area contributed by atoms with Gasteiger partial charge in [0.1, 0.15) is 12.1 Å². The van der Waals surface area contributed by atoms with Crippen LogP contribution in [0, 0.1) is 0 Å². The minimum atomic E-state index is 0.405. The number of aldehydes is 1. The third-order valence-corrected chi connectivity index (χ3v) is 1.44. The first-order chi connectivity index (χ1) is 6.36. The van der Waals surface area contributed by atoms with E-state index in [1.807, 2.05) is 12.1 Å². The fourth-order valence-electron chi connectivity index (χ4n) is 0.869. The highest BCUT2D eigenvalue weighted by molar-refractivity contribution is 5.57. The van der Waals surface area contributed by atoms with Gasteiger partial charge in [0.2, 0.25) is 0 Å². The SMILES string of the molecule is NNc1cccc(C=CCC=O)n1. The number of hydrogen-bond donors (Lipinski definition) is 2. The zero-order chi connectivity index (χ0) is 9.52. The minimum Gasteiger partial charge on any atom is -0.308 e. The second-order valence-corrected chi connectivity index (χ2v) is 2.40. The third kappa shape index (κ3) is 3.04. The standard InChI is InChI=1S/C9H11N3O/c10-12-9-6-3-5-8(11-9)4-1-2-7-13/h1,3-7H,2,10H2,(H,11,12). The maximum atomic E-state index is 10.0. The van der Waals surface area contributed by atoms with Gasteiger partial charge in [0.05, 0.1) is 5.69 Å². The summed E-state index contributed by atoms with van der Waals surface area (Å²) in [7, 11) is 0. The van der Waals surface area contributed by atoms with Crippen LogP contribution in [-0.4, -0.2) is 11.3 Å². The van der Waals surface area contributed by atoms with Crippen LogP contribution in [0.1, 0.15) is 12.1 Å². The Morgan fingerprint density at radius 2 is 2.38 bits per heavy atom. The average molecular weight is 177 g/mol. The van der Waals surface area contributed by atoms with Gasteiger partial charge in [-0.3, -0.25) is 0 Å². The lowest BCUT2D eigenvalue weighted by atomic mass is 10.3. The van der Waals surface area contributed by atoms with Crippen molar-refractivity contribution in [2.75, 3.05) is 5.43 Å². The summed E-state index contributed by atoms with van der Waals surface area (Å²) in [6.07, 6.45) is 4.76. The molecule has 4 heteroatoms. The molecule has 68 valence electrons. The number of aromatic nitrogens is 1. The summed E-state index contributed by atoms with van der Waals surface area (Å²) < 4.78 is 0. The summed E-state index contributed by atoms with van der Waals surface area (Å²) in [5.41, 5.74) is 3.22. The first-order valence-electron chi connectivity index (χ1n) is 3.90. The van der Waals surface area contributed by atoms with Crippen LogP contribution in [0.25, 0.3) is 6.08 Å². The van der Waals surface area contributed by atoms with Gasteiger partial charge in [-0.15, -0.1) is 0 Å². The van der Waals surface area contributed by atoms with E-state index in [0.29, 0.717) is 12.2 Å². The average Bonchev–Trinajstić information content (AvgIpc) is 2.19. The molecule has 0 bridgehead atoms. The van der Waals surface area contributed by atoms with Gasteiger partial charge < -0.3 is 10.2 Å². The number of carbonyl (C=O) groups excluding carboxylic acids is 1. The van der Waals surface area contributed by atoms with E-state index in [0.717, 1.165) is 12.0 Å². The second-order valence-electron chi connectivity index (χ2n) is 2.40. The van der Waals surface area contributed by atoms with Gasteiger partial charge in [0.25, 0.3) is 0 Å². The molecule has 0 unspecified atom stereocenters. The molecule has 0 amide bonds. The van der Waals surface area contributed by atoms with Gasteiger partial charge in [0, 0.05) is 6.42 Å². The molecule has 0 aliphatic rings. The number of rotatable bonds is 4. The molecule has 1 heterocycles. The van der Waals surface area contributed by atoms with Crippen molar-refractivity contribution >= 4 is 18.2 Å². The number of nitrogens with two attached hydrogens (primary N) is 1. The fraction of sp³-hybridized carbons (Fsp3) is 0.111. The number of nitrogen functional groups attached to an aromatic ring is 1. The maximum absolute atomic E-state index is 10.0. The number of allylic oxidation sites excluding steroid dienone is 1. The van der Waals surface area contributed by atoms with Crippen LogP contribution in [0.4, 0.5) is 5.82 Å². The van der Waals surface area contributed by atoms with Crippen LogP contribution < -0.4 is 11.3 Å². The monoisotopic (exact) mass is 177 g/mol. The van der Waals surface area contributed by atoms with Crippen LogP contribution in [0.5, 0.6) is 0 Å². The highest BCUT2D eigenvalue weighted by Crippen LogP contribution is 2.04. The molecule has 3 N–H and O–H groups in total. The van der Waals surface area contributed by atoms with E-state index >= 15 is 0 Å². The van der Waals surface area contributed by atoms with E-state index in [4.69, 9.17) is 5.84 Å². The lowest BCUT2D eigenvalue weighted by Gasteiger charge is -1.98. The van der Waals surface area contributed by atoms with Gasteiger partial charge in [0.15, 0.2) is 0 Å². The van der Waals surface area contributed by atoms with Gasteiger partial charge in [-0.1, -0.05) is 12.1 Å². The zero-order valence-corrected chi connectivity index (χ0v) is 7.10. The van der Waals surface area contributed by atoms with E-state index in [9.17, 15) is 4.79 Å². The number of pyridine rings is 1. The van der Waals surface area contributed by atoms with Gasteiger partial charge in [-0.25, -0.2) is 10.8 Å². The first-order valence-corrected chi connectivity index (χ1v) is 3.90. The van der Waals surface area contributed by atoms with Gasteiger partial charge >= 0.3 is 0 Å². The maximum Gasteiger partial charge on any atom is 0.140 e. The lowest BCUT2D eigenvalue weighted by molar-refractivity contribution is -0.107. The van der Waals surface area contributed by atoms with Crippen molar-refractivity contribution in [3.8, 4) is 0 Å². The largest absolute Gasteiger partial charge is 0.308 e. The minimum absolute atomic E-state index is 0.405. The molecule has 1 rings (SSSR count). The molecular weight excluding hydrogens is 166 g/mol. The molecule has 0 atom stereocenters. The molecule has 0 spiro atoms. The van der Waals surface area contributed by atoms with Crippen molar-refractivity contribution in [1.29, 1.82) is 0 Å². The molecule has 0 saturated heterocycles. The van der Waals surface area contributed by atoms with Crippen LogP contribution in [0.15, 0.2) is 24.3 Å². The summed E-state index contributed by atoms with van der Waals surface area (Å²) in [5.74, 6) is 5.79. The summed E-state index contributed by atoms with van der Waals surface area (Å²) in [6, 6.07) is 5.43. The highest BCUT2D eigenvalue weighted by atomic mass is 16.1. The van der Waals surface area contributed by atoms with Crippen LogP contribution in [0.3, 0.4) is 0 Å². The summed E-state index contributed by atoms with van der Waals surface area (Å²) in [4.78, 5) is 14.1. The van der Waals surface area contributed by atoms with Crippen LogP contribution >= 0.6 is 0 Å². The number of carbonyl (C=O) groups is 1. The predicted molar refractivity (Wildman–Crippen MR) is 51.8 cm³/mol. The summed E-state index contributed by atoms with van der Waals surface area (Å²) >= 11 is 0. The van der Waals surface area contributed by atoms with E-state index in [2.05, 4.69) is 10.4 Å². The van der Waals surface area contributed by atoms with Gasteiger partial charge in [-0.2, -0.15) is 0 Å². The predicted octanol–water partition coefficient (Wildman–Crippen LogP) is 0.969. The Hall–Kier alpha value is -1.68. The molecule has 0 saturated carbocycles. The molecule has 0 aromatic carbocycles. The first kappa shape index (κ1) is 9.41. The second kappa shape index (κ2) is 5.05. The highest BCUT2D eigenvalue weighted by Gasteiger charge is 1.90. The van der Waals surface area contributed by atoms with Crippen molar-refractivity contribution in [2.45, 2.75) is 6.42 Å². The lowest BCUT2D eigenvalue weighted by Crippen LogP contribution is -2.08. The van der Waals surface area contributed by atoms with E-state index in [1.165, 1.54) is 0 Å². The van der Waals surface area contributed by atoms with Crippen molar-refractivity contribution in [2.24, 2.45) is 5.84 Å². The number of anilines is 1. The Balaban J connectivity index is 2.71. The normalized spacial score (nSPS) is 10.2. The molecular formula is C9H11N3O. The quantitative estimate of drug-likeness (QED) is 0.408. The van der Waals surface area contributed by atoms with Crippen LogP contribution in [0.2, 0.25) is 0 Å².